The number of carbonyl (C=O) groups is 2. The lowest BCUT2D eigenvalue weighted by Gasteiger charge is -2.29. The van der Waals surface area contributed by atoms with Crippen LogP contribution in [0.2, 0.25) is 0 Å². The van der Waals surface area contributed by atoms with Gasteiger partial charge >= 0.3 is 0 Å². The lowest BCUT2D eigenvalue weighted by Crippen LogP contribution is -2.49. The van der Waals surface area contributed by atoms with Crippen LogP contribution in [0.4, 0.5) is 0 Å². The molecule has 0 aliphatic carbocycles. The van der Waals surface area contributed by atoms with Gasteiger partial charge in [-0.05, 0) is 52.7 Å². The average molecular weight is 427 g/mol. The third-order valence-electron chi connectivity index (χ3n) is 4.85. The van der Waals surface area contributed by atoms with E-state index in [9.17, 15) is 9.59 Å². The van der Waals surface area contributed by atoms with Crippen LogP contribution in [0, 0.1) is 20.8 Å². The maximum atomic E-state index is 13.1. The molecule has 30 heavy (non-hydrogen) atoms. The molecule has 2 amide bonds. The van der Waals surface area contributed by atoms with Crippen molar-refractivity contribution < 1.29 is 9.59 Å². The third-order valence-corrected chi connectivity index (χ3v) is 5.84. The lowest BCUT2D eigenvalue weighted by atomic mass is 10.1. The van der Waals surface area contributed by atoms with Gasteiger partial charge in [0.05, 0.1) is 5.75 Å². The summed E-state index contributed by atoms with van der Waals surface area (Å²) in [6.07, 6.45) is 0. The Morgan fingerprint density at radius 1 is 0.900 bits per heavy atom. The predicted octanol–water partition coefficient (Wildman–Crippen LogP) is 4.79. The molecule has 5 heteroatoms. The maximum absolute atomic E-state index is 13.1. The van der Waals surface area contributed by atoms with Gasteiger partial charge < -0.3 is 10.2 Å². The molecule has 1 N–H and O–H groups in total. The zero-order valence-corrected chi connectivity index (χ0v) is 19.8. The number of nitrogens with one attached hydrogen (secondary N) is 1. The maximum Gasteiger partial charge on any atom is 0.242 e. The van der Waals surface area contributed by atoms with Crippen LogP contribution in [0.25, 0.3) is 0 Å². The molecule has 0 aliphatic heterocycles. The van der Waals surface area contributed by atoms with Crippen LogP contribution in [0.5, 0.6) is 0 Å². The summed E-state index contributed by atoms with van der Waals surface area (Å²) in [4.78, 5) is 27.4. The molecule has 0 bridgehead atoms. The van der Waals surface area contributed by atoms with Gasteiger partial charge in [-0.1, -0.05) is 59.2 Å². The topological polar surface area (TPSA) is 49.4 Å². The first-order valence-electron chi connectivity index (χ1n) is 10.5. The van der Waals surface area contributed by atoms with Gasteiger partial charge in [0.1, 0.15) is 6.04 Å². The van der Waals surface area contributed by atoms with Crippen LogP contribution in [0.1, 0.15) is 48.6 Å². The van der Waals surface area contributed by atoms with E-state index < -0.39 is 6.04 Å². The van der Waals surface area contributed by atoms with Gasteiger partial charge in [-0.15, -0.1) is 11.8 Å². The van der Waals surface area contributed by atoms with Crippen LogP contribution >= 0.6 is 11.8 Å². The van der Waals surface area contributed by atoms with Crippen molar-refractivity contribution in [2.75, 3.05) is 5.75 Å². The first-order valence-corrected chi connectivity index (χ1v) is 11.6. The number of hydrogen-bond donors (Lipinski definition) is 1. The molecular formula is C25H34N2O2S. The molecule has 0 fully saturated rings. The van der Waals surface area contributed by atoms with E-state index in [1.165, 1.54) is 22.3 Å². The second-order valence-corrected chi connectivity index (χ2v) is 9.32. The Morgan fingerprint density at radius 3 is 2.07 bits per heavy atom. The van der Waals surface area contributed by atoms with E-state index in [0.717, 1.165) is 11.3 Å². The highest BCUT2D eigenvalue weighted by atomic mass is 32.2. The number of hydrogen-bond acceptors (Lipinski definition) is 3. The number of amides is 2. The normalized spacial score (nSPS) is 12.0. The minimum atomic E-state index is -0.525. The molecular weight excluding hydrogens is 392 g/mol. The van der Waals surface area contributed by atoms with E-state index >= 15 is 0 Å². The van der Waals surface area contributed by atoms with Crippen molar-refractivity contribution in [3.63, 3.8) is 0 Å². The fraction of sp³-hybridized carbons (Fsp3) is 0.440. The first kappa shape index (κ1) is 24.0. The highest BCUT2D eigenvalue weighted by Crippen LogP contribution is 2.18. The molecule has 2 aromatic carbocycles. The second kappa shape index (κ2) is 11.2. The van der Waals surface area contributed by atoms with E-state index in [4.69, 9.17) is 0 Å². The molecule has 162 valence electrons. The quantitative estimate of drug-likeness (QED) is 0.627. The molecule has 0 unspecified atom stereocenters. The first-order chi connectivity index (χ1) is 14.2. The van der Waals surface area contributed by atoms with E-state index in [0.29, 0.717) is 12.3 Å². The van der Waals surface area contributed by atoms with Crippen molar-refractivity contribution in [3.05, 3.63) is 70.3 Å². The van der Waals surface area contributed by atoms with Crippen LogP contribution in [-0.4, -0.2) is 34.6 Å². The molecule has 2 aromatic rings. The standard InChI is InChI=1S/C25H34N2O2S/c1-17(2)26-25(29)21(6)27(14-22-9-7-18(3)8-10-22)24(28)16-30-15-23-12-19(4)11-20(5)13-23/h7-13,17,21H,14-16H2,1-6H3,(H,26,29)/t21-/m0/s1. The highest BCUT2D eigenvalue weighted by Gasteiger charge is 2.26. The monoisotopic (exact) mass is 426 g/mol. The van der Waals surface area contributed by atoms with Crippen molar-refractivity contribution in [2.45, 2.75) is 65.9 Å². The van der Waals surface area contributed by atoms with Crippen molar-refractivity contribution in [1.82, 2.24) is 10.2 Å². The van der Waals surface area contributed by atoms with Crippen LogP contribution in [0.15, 0.2) is 42.5 Å². The Hall–Kier alpha value is -2.27. The van der Waals surface area contributed by atoms with Gasteiger partial charge in [0.25, 0.3) is 0 Å². The molecule has 0 spiro atoms. The van der Waals surface area contributed by atoms with Crippen LogP contribution in [-0.2, 0) is 21.9 Å². The molecule has 0 heterocycles. The summed E-state index contributed by atoms with van der Waals surface area (Å²) in [5.74, 6) is 0.985. The number of thioether (sulfide) groups is 1. The minimum Gasteiger partial charge on any atom is -0.352 e. The number of nitrogens with zero attached hydrogens (tertiary/aromatic N) is 1. The minimum absolute atomic E-state index is 0.0173. The largest absolute Gasteiger partial charge is 0.352 e. The van der Waals surface area contributed by atoms with E-state index in [1.54, 1.807) is 23.6 Å². The summed E-state index contributed by atoms with van der Waals surface area (Å²) in [6, 6.07) is 14.1. The molecule has 0 saturated carbocycles. The third kappa shape index (κ3) is 7.52. The summed E-state index contributed by atoms with van der Waals surface area (Å²) in [6.45, 7) is 12.3. The van der Waals surface area contributed by atoms with Crippen molar-refractivity contribution in [3.8, 4) is 0 Å². The predicted molar refractivity (Wildman–Crippen MR) is 127 cm³/mol. The molecule has 0 saturated heterocycles. The molecule has 4 nitrogen and oxygen atoms in total. The Balaban J connectivity index is 2.08. The van der Waals surface area contributed by atoms with Gasteiger partial charge in [-0.25, -0.2) is 0 Å². The highest BCUT2D eigenvalue weighted by molar-refractivity contribution is 7.99. The van der Waals surface area contributed by atoms with Gasteiger partial charge in [-0.3, -0.25) is 9.59 Å². The number of benzene rings is 2. The summed E-state index contributed by atoms with van der Waals surface area (Å²) >= 11 is 1.59. The fourth-order valence-electron chi connectivity index (χ4n) is 3.37. The average Bonchev–Trinajstić information content (AvgIpc) is 2.65. The van der Waals surface area contributed by atoms with Crippen molar-refractivity contribution in [1.29, 1.82) is 0 Å². The summed E-state index contributed by atoms with van der Waals surface area (Å²) in [5, 5.41) is 2.93. The van der Waals surface area contributed by atoms with Gasteiger partial charge in [0, 0.05) is 18.3 Å². The smallest absolute Gasteiger partial charge is 0.242 e. The molecule has 2 rings (SSSR count). The van der Waals surface area contributed by atoms with Crippen LogP contribution in [0.3, 0.4) is 0 Å². The van der Waals surface area contributed by atoms with E-state index in [1.807, 2.05) is 45.0 Å². The van der Waals surface area contributed by atoms with E-state index in [2.05, 4.69) is 37.4 Å². The summed E-state index contributed by atoms with van der Waals surface area (Å²) in [5.41, 5.74) is 5.89. The fourth-order valence-corrected chi connectivity index (χ4v) is 4.21. The van der Waals surface area contributed by atoms with Crippen LogP contribution < -0.4 is 5.32 Å². The zero-order valence-electron chi connectivity index (χ0n) is 19.0. The van der Waals surface area contributed by atoms with E-state index in [-0.39, 0.29) is 17.9 Å². The Bertz CT molecular complexity index is 842. The Labute approximate surface area is 185 Å². The molecule has 0 aromatic heterocycles. The Morgan fingerprint density at radius 2 is 1.50 bits per heavy atom. The van der Waals surface area contributed by atoms with Gasteiger partial charge in [0.15, 0.2) is 0 Å². The number of rotatable bonds is 9. The summed E-state index contributed by atoms with van der Waals surface area (Å²) in [7, 11) is 0. The lowest BCUT2D eigenvalue weighted by molar-refractivity contribution is -0.138. The van der Waals surface area contributed by atoms with Gasteiger partial charge in [0.2, 0.25) is 11.8 Å². The SMILES string of the molecule is Cc1ccc(CN(C(=O)CSCc2cc(C)cc(C)c2)[C@@H](C)C(=O)NC(C)C)cc1. The molecule has 0 aliphatic rings. The summed E-state index contributed by atoms with van der Waals surface area (Å²) < 4.78 is 0. The molecule has 0 radical (unpaired) electrons. The second-order valence-electron chi connectivity index (χ2n) is 8.34. The molecule has 1 atom stereocenters. The Kier molecular flexibility index (Phi) is 8.97. The zero-order chi connectivity index (χ0) is 22.3. The van der Waals surface area contributed by atoms with Gasteiger partial charge in [-0.2, -0.15) is 0 Å². The number of aryl methyl sites for hydroxylation is 3. The van der Waals surface area contributed by atoms with Crippen molar-refractivity contribution >= 4 is 23.6 Å². The van der Waals surface area contributed by atoms with Crippen molar-refractivity contribution in [2.24, 2.45) is 0 Å². The number of carbonyl (C=O) groups excluding carboxylic acids is 2.